The summed E-state index contributed by atoms with van der Waals surface area (Å²) in [7, 11) is 1.23. The van der Waals surface area contributed by atoms with E-state index < -0.39 is 23.6 Å². The average Bonchev–Trinajstić information content (AvgIpc) is 2.24. The zero-order chi connectivity index (χ0) is 12.3. The zero-order valence-electron chi connectivity index (χ0n) is 8.54. The molecule has 1 atom stereocenters. The van der Waals surface area contributed by atoms with Gasteiger partial charge in [0.1, 0.15) is 0 Å². The predicted molar refractivity (Wildman–Crippen MR) is 59.3 cm³/mol. The number of carbonyl (C=O) groups is 1. The molecule has 1 rings (SSSR count). The first-order chi connectivity index (χ1) is 7.47. The summed E-state index contributed by atoms with van der Waals surface area (Å²) in [6.45, 7) is 0. The van der Waals surface area contributed by atoms with E-state index in [1.165, 1.54) is 13.2 Å². The lowest BCUT2D eigenvalue weighted by molar-refractivity contribution is -0.141. The molecule has 0 spiro atoms. The zero-order valence-corrected chi connectivity index (χ0v) is 10.1. The van der Waals surface area contributed by atoms with Crippen LogP contribution in [0.5, 0.6) is 5.75 Å². The Balaban J connectivity index is 3.03. The quantitative estimate of drug-likeness (QED) is 0.834. The van der Waals surface area contributed by atoms with Crippen molar-refractivity contribution in [2.75, 3.05) is 7.11 Å². The monoisotopic (exact) mass is 291 g/mol. The van der Waals surface area contributed by atoms with Crippen LogP contribution >= 0.6 is 15.9 Å². The summed E-state index contributed by atoms with van der Waals surface area (Å²) in [6, 6.07) is 1.70. The highest BCUT2D eigenvalue weighted by atomic mass is 79.9. The van der Waals surface area contributed by atoms with Crippen molar-refractivity contribution in [3.05, 3.63) is 28.0 Å². The summed E-state index contributed by atoms with van der Waals surface area (Å²) >= 11 is 3.13. The van der Waals surface area contributed by atoms with Crippen LogP contribution in [0.25, 0.3) is 0 Å². The van der Waals surface area contributed by atoms with Gasteiger partial charge < -0.3 is 15.6 Å². The lowest BCUT2D eigenvalue weighted by atomic mass is 10.0. The van der Waals surface area contributed by atoms with E-state index in [-0.39, 0.29) is 12.0 Å². The first-order valence-corrected chi connectivity index (χ1v) is 5.26. The summed E-state index contributed by atoms with van der Waals surface area (Å²) < 4.78 is 18.0. The first-order valence-electron chi connectivity index (χ1n) is 4.46. The van der Waals surface area contributed by atoms with Crippen molar-refractivity contribution in [1.82, 2.24) is 0 Å². The maximum atomic E-state index is 13.1. The molecule has 0 heterocycles. The van der Waals surface area contributed by atoms with Crippen molar-refractivity contribution < 1.29 is 19.0 Å². The summed E-state index contributed by atoms with van der Waals surface area (Å²) in [4.78, 5) is 11.0. The lowest BCUT2D eigenvalue weighted by Crippen LogP contribution is -2.17. The number of hydrogen-bond donors (Lipinski definition) is 2. The Hall–Kier alpha value is -1.14. The third-order valence-electron chi connectivity index (χ3n) is 2.10. The summed E-state index contributed by atoms with van der Waals surface area (Å²) in [6.07, 6.45) is -0.133. The molecular formula is C10H11BrFNO3. The minimum Gasteiger partial charge on any atom is -0.505 e. The molecule has 0 aromatic heterocycles. The van der Waals surface area contributed by atoms with Crippen LogP contribution in [0.1, 0.15) is 18.0 Å². The molecule has 0 radical (unpaired) electrons. The van der Waals surface area contributed by atoms with Gasteiger partial charge in [0, 0.05) is 16.1 Å². The van der Waals surface area contributed by atoms with Crippen molar-refractivity contribution in [2.45, 2.75) is 12.5 Å². The fourth-order valence-electron chi connectivity index (χ4n) is 1.27. The van der Waals surface area contributed by atoms with Gasteiger partial charge in [0.15, 0.2) is 11.6 Å². The molecule has 16 heavy (non-hydrogen) atoms. The highest BCUT2D eigenvalue weighted by molar-refractivity contribution is 9.10. The molecule has 6 heteroatoms. The average molecular weight is 292 g/mol. The minimum atomic E-state index is -0.822. The van der Waals surface area contributed by atoms with Crippen molar-refractivity contribution in [3.63, 3.8) is 0 Å². The van der Waals surface area contributed by atoms with Crippen LogP contribution in [0.3, 0.4) is 0 Å². The molecule has 3 N–H and O–H groups in total. The third-order valence-corrected chi connectivity index (χ3v) is 2.79. The largest absolute Gasteiger partial charge is 0.505 e. The number of ether oxygens (including phenoxy) is 1. The number of phenols is 1. The van der Waals surface area contributed by atoms with Crippen molar-refractivity contribution in [2.24, 2.45) is 5.73 Å². The molecule has 1 aromatic carbocycles. The number of phenolic OH excluding ortho intramolecular Hbond substituents is 1. The normalized spacial score (nSPS) is 12.2. The number of methoxy groups -OCH3 is 1. The first kappa shape index (κ1) is 12.9. The Kier molecular flexibility index (Phi) is 4.26. The van der Waals surface area contributed by atoms with Gasteiger partial charge in [0.25, 0.3) is 0 Å². The molecule has 4 nitrogen and oxygen atoms in total. The van der Waals surface area contributed by atoms with Gasteiger partial charge in [-0.15, -0.1) is 0 Å². The highest BCUT2D eigenvalue weighted by Crippen LogP contribution is 2.34. The van der Waals surface area contributed by atoms with E-state index in [2.05, 4.69) is 20.7 Å². The molecular weight excluding hydrogens is 281 g/mol. The van der Waals surface area contributed by atoms with Gasteiger partial charge in [-0.2, -0.15) is 0 Å². The molecule has 0 aliphatic heterocycles. The molecule has 0 unspecified atom stereocenters. The highest BCUT2D eigenvalue weighted by Gasteiger charge is 2.20. The fraction of sp³-hybridized carbons (Fsp3) is 0.300. The number of benzene rings is 1. The van der Waals surface area contributed by atoms with Gasteiger partial charge in [-0.3, -0.25) is 4.79 Å². The number of hydrogen-bond acceptors (Lipinski definition) is 4. The number of aromatic hydroxyl groups is 1. The van der Waals surface area contributed by atoms with Crippen LogP contribution in [0.4, 0.5) is 4.39 Å². The molecule has 0 aliphatic carbocycles. The Morgan fingerprint density at radius 1 is 1.69 bits per heavy atom. The second kappa shape index (κ2) is 5.27. The molecule has 88 valence electrons. The third kappa shape index (κ3) is 2.70. The predicted octanol–water partition coefficient (Wildman–Crippen LogP) is 1.86. The number of rotatable bonds is 3. The van der Waals surface area contributed by atoms with Crippen LogP contribution in [-0.2, 0) is 9.53 Å². The van der Waals surface area contributed by atoms with E-state index in [1.54, 1.807) is 0 Å². The van der Waals surface area contributed by atoms with Crippen molar-refractivity contribution in [1.29, 1.82) is 0 Å². The van der Waals surface area contributed by atoms with Gasteiger partial charge in [-0.05, 0) is 12.1 Å². The smallest absolute Gasteiger partial charge is 0.307 e. The number of esters is 1. The van der Waals surface area contributed by atoms with Crippen LogP contribution in [-0.4, -0.2) is 18.2 Å². The topological polar surface area (TPSA) is 72.5 Å². The Morgan fingerprint density at radius 2 is 2.31 bits per heavy atom. The maximum absolute atomic E-state index is 13.1. The van der Waals surface area contributed by atoms with E-state index in [0.717, 1.165) is 6.07 Å². The Morgan fingerprint density at radius 3 is 2.88 bits per heavy atom. The van der Waals surface area contributed by atoms with E-state index >= 15 is 0 Å². The number of nitrogens with two attached hydrogens (primary N) is 1. The van der Waals surface area contributed by atoms with Gasteiger partial charge in [0.2, 0.25) is 0 Å². The van der Waals surface area contributed by atoms with Crippen molar-refractivity contribution in [3.8, 4) is 5.75 Å². The van der Waals surface area contributed by atoms with E-state index in [9.17, 15) is 14.3 Å². The van der Waals surface area contributed by atoms with Gasteiger partial charge in [-0.1, -0.05) is 15.9 Å². The summed E-state index contributed by atoms with van der Waals surface area (Å²) in [5.74, 6) is -1.85. The summed E-state index contributed by atoms with van der Waals surface area (Å²) in [5, 5.41) is 9.50. The van der Waals surface area contributed by atoms with Gasteiger partial charge in [-0.25, -0.2) is 4.39 Å². The van der Waals surface area contributed by atoms with Crippen molar-refractivity contribution >= 4 is 21.9 Å². The fourth-order valence-corrected chi connectivity index (χ4v) is 1.89. The standard InChI is InChI=1S/C10H11BrFNO3/c1-16-8(14)4-7(13)9-5(11)2-3-6(12)10(9)15/h2-3,7,15H,4,13H2,1H3/t7-/m0/s1. The van der Waals surface area contributed by atoms with Crippen LogP contribution < -0.4 is 5.73 Å². The van der Waals surface area contributed by atoms with E-state index in [0.29, 0.717) is 4.47 Å². The minimum absolute atomic E-state index is 0.133. The van der Waals surface area contributed by atoms with E-state index in [4.69, 9.17) is 5.73 Å². The molecule has 0 amide bonds. The summed E-state index contributed by atoms with van der Waals surface area (Å²) in [5.41, 5.74) is 5.84. The van der Waals surface area contributed by atoms with Gasteiger partial charge in [0.05, 0.1) is 13.5 Å². The number of carbonyl (C=O) groups excluding carboxylic acids is 1. The molecule has 0 saturated carbocycles. The Labute approximate surface area is 100 Å². The molecule has 1 aromatic rings. The lowest BCUT2D eigenvalue weighted by Gasteiger charge is -2.14. The SMILES string of the molecule is COC(=O)C[C@H](N)c1c(Br)ccc(F)c1O. The maximum Gasteiger partial charge on any atom is 0.307 e. The molecule has 0 fully saturated rings. The van der Waals surface area contributed by atoms with E-state index in [1.807, 2.05) is 0 Å². The molecule has 0 aliphatic rings. The van der Waals surface area contributed by atoms with Crippen LogP contribution in [0.15, 0.2) is 16.6 Å². The van der Waals surface area contributed by atoms with Gasteiger partial charge >= 0.3 is 5.97 Å². The Bertz CT molecular complexity index is 411. The van der Waals surface area contributed by atoms with Crippen LogP contribution in [0.2, 0.25) is 0 Å². The van der Waals surface area contributed by atoms with Crippen LogP contribution in [0, 0.1) is 5.82 Å². The molecule has 0 saturated heterocycles. The second-order valence-electron chi connectivity index (χ2n) is 3.18. The molecule has 0 bridgehead atoms. The number of halogens is 2. The second-order valence-corrected chi connectivity index (χ2v) is 4.03.